The SMILES string of the molecule is Cc1c(NC2CCC(C)CC2n2cncn2)cnn1C. The van der Waals surface area contributed by atoms with Crippen LogP contribution >= 0.6 is 0 Å². The molecule has 3 unspecified atom stereocenters. The van der Waals surface area contributed by atoms with E-state index < -0.39 is 0 Å². The fourth-order valence-corrected chi connectivity index (χ4v) is 3.04. The summed E-state index contributed by atoms with van der Waals surface area (Å²) in [6.45, 7) is 4.40. The summed E-state index contributed by atoms with van der Waals surface area (Å²) in [6.07, 6.45) is 8.90. The molecule has 1 aliphatic rings. The molecule has 2 heterocycles. The van der Waals surface area contributed by atoms with Crippen LogP contribution in [0.5, 0.6) is 0 Å². The molecule has 3 atom stereocenters. The molecule has 6 nitrogen and oxygen atoms in total. The zero-order valence-electron chi connectivity index (χ0n) is 12.3. The van der Waals surface area contributed by atoms with E-state index >= 15 is 0 Å². The Kier molecular flexibility index (Phi) is 3.46. The average Bonchev–Trinajstić information content (AvgIpc) is 3.06. The van der Waals surface area contributed by atoms with Crippen LogP contribution in [0.15, 0.2) is 18.9 Å². The van der Waals surface area contributed by atoms with Gasteiger partial charge in [-0.25, -0.2) is 9.67 Å². The summed E-state index contributed by atoms with van der Waals surface area (Å²) < 4.78 is 3.90. The first kappa shape index (κ1) is 13.1. The number of nitrogens with one attached hydrogen (secondary N) is 1. The van der Waals surface area contributed by atoms with Crippen LogP contribution in [0.2, 0.25) is 0 Å². The Morgan fingerprint density at radius 2 is 2.15 bits per heavy atom. The standard InChI is InChI=1S/C14H22N6/c1-10-4-5-12(14(6-10)20-9-15-8-17-20)18-13-7-16-19(3)11(13)2/h7-10,12,14,18H,4-6H2,1-3H3. The molecule has 0 saturated heterocycles. The van der Waals surface area contributed by atoms with Gasteiger partial charge >= 0.3 is 0 Å². The number of aromatic nitrogens is 5. The first-order chi connectivity index (χ1) is 9.65. The lowest BCUT2D eigenvalue weighted by molar-refractivity contribution is 0.244. The molecule has 0 bridgehead atoms. The summed E-state index contributed by atoms with van der Waals surface area (Å²) in [5, 5.41) is 12.3. The Labute approximate surface area is 119 Å². The molecule has 0 spiro atoms. The van der Waals surface area contributed by atoms with Gasteiger partial charge in [-0.15, -0.1) is 0 Å². The third kappa shape index (κ3) is 2.42. The second-order valence-electron chi connectivity index (χ2n) is 5.88. The number of aryl methyl sites for hydroxylation is 1. The minimum Gasteiger partial charge on any atom is -0.377 e. The quantitative estimate of drug-likeness (QED) is 0.931. The number of anilines is 1. The lowest BCUT2D eigenvalue weighted by atomic mass is 9.83. The Bertz CT molecular complexity index is 558. The minimum atomic E-state index is 0.362. The molecule has 108 valence electrons. The van der Waals surface area contributed by atoms with Crippen molar-refractivity contribution < 1.29 is 0 Å². The first-order valence-electron chi connectivity index (χ1n) is 7.24. The number of hydrogen-bond acceptors (Lipinski definition) is 4. The maximum Gasteiger partial charge on any atom is 0.137 e. The summed E-state index contributed by atoms with van der Waals surface area (Å²) in [5.74, 6) is 0.734. The number of nitrogens with zero attached hydrogens (tertiary/aromatic N) is 5. The smallest absolute Gasteiger partial charge is 0.137 e. The maximum atomic E-state index is 4.34. The molecular formula is C14H22N6. The molecule has 0 amide bonds. The van der Waals surface area contributed by atoms with Gasteiger partial charge < -0.3 is 5.32 Å². The van der Waals surface area contributed by atoms with Gasteiger partial charge in [0.2, 0.25) is 0 Å². The summed E-state index contributed by atoms with van der Waals surface area (Å²) in [7, 11) is 1.97. The van der Waals surface area contributed by atoms with Gasteiger partial charge in [-0.1, -0.05) is 6.92 Å². The molecule has 1 fully saturated rings. The van der Waals surface area contributed by atoms with E-state index in [1.807, 2.05) is 28.9 Å². The van der Waals surface area contributed by atoms with Gasteiger partial charge in [0.25, 0.3) is 0 Å². The highest BCUT2D eigenvalue weighted by molar-refractivity contribution is 5.46. The predicted molar refractivity (Wildman–Crippen MR) is 77.4 cm³/mol. The van der Waals surface area contributed by atoms with Crippen molar-refractivity contribution in [1.29, 1.82) is 0 Å². The van der Waals surface area contributed by atoms with Crippen molar-refractivity contribution in [2.24, 2.45) is 13.0 Å². The Morgan fingerprint density at radius 3 is 2.80 bits per heavy atom. The Morgan fingerprint density at radius 1 is 1.30 bits per heavy atom. The van der Waals surface area contributed by atoms with Crippen molar-refractivity contribution >= 4 is 5.69 Å². The fourth-order valence-electron chi connectivity index (χ4n) is 3.04. The summed E-state index contributed by atoms with van der Waals surface area (Å²) in [5.41, 5.74) is 2.29. The van der Waals surface area contributed by atoms with Crippen molar-refractivity contribution in [2.75, 3.05) is 5.32 Å². The minimum absolute atomic E-state index is 0.362. The van der Waals surface area contributed by atoms with E-state index in [9.17, 15) is 0 Å². The van der Waals surface area contributed by atoms with E-state index in [2.05, 4.69) is 34.3 Å². The van der Waals surface area contributed by atoms with Gasteiger partial charge in [0.1, 0.15) is 12.7 Å². The average molecular weight is 274 g/mol. The van der Waals surface area contributed by atoms with Crippen molar-refractivity contribution in [2.45, 2.75) is 45.2 Å². The molecule has 0 radical (unpaired) electrons. The van der Waals surface area contributed by atoms with Crippen LogP contribution in [0, 0.1) is 12.8 Å². The first-order valence-corrected chi connectivity index (χ1v) is 7.24. The molecule has 3 rings (SSSR count). The third-order valence-electron chi connectivity index (χ3n) is 4.43. The lowest BCUT2D eigenvalue weighted by Gasteiger charge is -2.35. The van der Waals surface area contributed by atoms with E-state index in [1.54, 1.807) is 6.33 Å². The van der Waals surface area contributed by atoms with Crippen molar-refractivity contribution in [3.63, 3.8) is 0 Å². The van der Waals surface area contributed by atoms with Crippen molar-refractivity contribution in [1.82, 2.24) is 24.5 Å². The monoisotopic (exact) mass is 274 g/mol. The van der Waals surface area contributed by atoms with Crippen LogP contribution < -0.4 is 5.32 Å². The summed E-state index contributed by atoms with van der Waals surface area (Å²) >= 11 is 0. The fraction of sp³-hybridized carbons (Fsp3) is 0.643. The lowest BCUT2D eigenvalue weighted by Crippen LogP contribution is -2.37. The highest BCUT2D eigenvalue weighted by atomic mass is 15.3. The topological polar surface area (TPSA) is 60.6 Å². The van der Waals surface area contributed by atoms with Crippen LogP contribution in [-0.2, 0) is 7.05 Å². The van der Waals surface area contributed by atoms with Gasteiger partial charge in [0, 0.05) is 13.1 Å². The molecular weight excluding hydrogens is 252 g/mol. The molecule has 1 saturated carbocycles. The number of hydrogen-bond donors (Lipinski definition) is 1. The highest BCUT2D eigenvalue weighted by Crippen LogP contribution is 2.34. The van der Waals surface area contributed by atoms with Crippen molar-refractivity contribution in [3.05, 3.63) is 24.5 Å². The van der Waals surface area contributed by atoms with Crippen LogP contribution in [-0.4, -0.2) is 30.6 Å². The second kappa shape index (κ2) is 5.26. The zero-order valence-corrected chi connectivity index (χ0v) is 12.3. The zero-order chi connectivity index (χ0) is 14.1. The Hall–Kier alpha value is -1.85. The largest absolute Gasteiger partial charge is 0.377 e. The van der Waals surface area contributed by atoms with E-state index in [0.717, 1.165) is 24.4 Å². The van der Waals surface area contributed by atoms with E-state index in [4.69, 9.17) is 0 Å². The summed E-state index contributed by atoms with van der Waals surface area (Å²) in [6, 6.07) is 0.747. The summed E-state index contributed by atoms with van der Waals surface area (Å²) in [4.78, 5) is 4.09. The van der Waals surface area contributed by atoms with Gasteiger partial charge in [-0.05, 0) is 32.1 Å². The second-order valence-corrected chi connectivity index (χ2v) is 5.88. The molecule has 2 aromatic rings. The molecule has 0 aliphatic heterocycles. The Balaban J connectivity index is 1.81. The van der Waals surface area contributed by atoms with Crippen LogP contribution in [0.1, 0.15) is 37.9 Å². The van der Waals surface area contributed by atoms with Crippen LogP contribution in [0.4, 0.5) is 5.69 Å². The molecule has 20 heavy (non-hydrogen) atoms. The molecule has 0 aromatic carbocycles. The van der Waals surface area contributed by atoms with Gasteiger partial charge in [-0.3, -0.25) is 4.68 Å². The van der Waals surface area contributed by atoms with Crippen LogP contribution in [0.25, 0.3) is 0 Å². The molecule has 1 N–H and O–H groups in total. The van der Waals surface area contributed by atoms with Gasteiger partial charge in [0.15, 0.2) is 0 Å². The van der Waals surface area contributed by atoms with E-state index in [0.29, 0.717) is 12.1 Å². The predicted octanol–water partition coefficient (Wildman–Crippen LogP) is 2.16. The van der Waals surface area contributed by atoms with Gasteiger partial charge in [0.05, 0.1) is 23.6 Å². The van der Waals surface area contributed by atoms with Crippen molar-refractivity contribution in [3.8, 4) is 0 Å². The van der Waals surface area contributed by atoms with E-state index in [1.165, 1.54) is 12.1 Å². The third-order valence-corrected chi connectivity index (χ3v) is 4.43. The maximum absolute atomic E-state index is 4.34. The molecule has 6 heteroatoms. The van der Waals surface area contributed by atoms with E-state index in [-0.39, 0.29) is 0 Å². The highest BCUT2D eigenvalue weighted by Gasteiger charge is 2.31. The van der Waals surface area contributed by atoms with Crippen LogP contribution in [0.3, 0.4) is 0 Å². The number of rotatable bonds is 3. The molecule has 1 aliphatic carbocycles. The van der Waals surface area contributed by atoms with Gasteiger partial charge in [-0.2, -0.15) is 10.2 Å². The molecule has 2 aromatic heterocycles. The normalized spacial score (nSPS) is 26.6.